The van der Waals surface area contributed by atoms with E-state index in [-0.39, 0.29) is 0 Å². The maximum absolute atomic E-state index is 10.7. The monoisotopic (exact) mass is 346 g/mol. The first-order chi connectivity index (χ1) is 12.6. The molecule has 2 N–H and O–H groups in total. The molecule has 0 aromatic heterocycles. The molecule has 0 saturated carbocycles. The number of rotatable bonds is 7. The molecule has 26 heavy (non-hydrogen) atoms. The Balaban J connectivity index is 2.12. The molecule has 0 spiro atoms. The van der Waals surface area contributed by atoms with Gasteiger partial charge in [0, 0.05) is 12.0 Å². The summed E-state index contributed by atoms with van der Waals surface area (Å²) in [5, 5.41) is 20.9. The Kier molecular flexibility index (Phi) is 7.89. The Hall–Kier alpha value is -2.60. The fourth-order valence-corrected chi connectivity index (χ4v) is 2.56. The molecule has 0 aliphatic heterocycles. The summed E-state index contributed by atoms with van der Waals surface area (Å²) >= 11 is 0. The van der Waals surface area contributed by atoms with Crippen molar-refractivity contribution in [1.29, 1.82) is 0 Å². The summed E-state index contributed by atoms with van der Waals surface area (Å²) in [5.41, 5.74) is 3.42. The Bertz CT molecular complexity index is 779. The topological polar surface area (TPSA) is 40.5 Å². The predicted octanol–water partition coefficient (Wildman–Crippen LogP) is 5.13. The first-order valence-electron chi connectivity index (χ1n) is 8.87. The van der Waals surface area contributed by atoms with E-state index in [4.69, 9.17) is 0 Å². The van der Waals surface area contributed by atoms with Crippen LogP contribution in [0.4, 0.5) is 0 Å². The van der Waals surface area contributed by atoms with Crippen LogP contribution < -0.4 is 0 Å². The Labute approximate surface area is 156 Å². The molecule has 2 aromatic rings. The molecule has 2 atom stereocenters. The molecule has 2 aromatic carbocycles. The summed E-state index contributed by atoms with van der Waals surface area (Å²) in [5.74, 6) is 6.09. The van der Waals surface area contributed by atoms with E-state index in [1.54, 1.807) is 0 Å². The van der Waals surface area contributed by atoms with Crippen LogP contribution in [-0.2, 0) is 0 Å². The van der Waals surface area contributed by atoms with E-state index < -0.39 is 12.2 Å². The third-order valence-electron chi connectivity index (χ3n) is 4.06. The molecule has 0 fully saturated rings. The van der Waals surface area contributed by atoms with E-state index >= 15 is 0 Å². The number of hydrogen-bond acceptors (Lipinski definition) is 2. The number of aliphatic hydroxyl groups excluding tert-OH is 2. The summed E-state index contributed by atoms with van der Waals surface area (Å²) in [6.07, 6.45) is 2.54. The van der Waals surface area contributed by atoms with Gasteiger partial charge in [0.05, 0.1) is 6.10 Å². The van der Waals surface area contributed by atoms with Gasteiger partial charge in [-0.25, -0.2) is 0 Å². The van der Waals surface area contributed by atoms with Gasteiger partial charge >= 0.3 is 0 Å². The molecule has 2 rings (SSSR count). The summed E-state index contributed by atoms with van der Waals surface area (Å²) in [7, 11) is 0. The normalized spacial score (nSPS) is 13.4. The number of benzene rings is 2. The summed E-state index contributed by atoms with van der Waals surface area (Å²) in [4.78, 5) is 0. The lowest BCUT2D eigenvalue weighted by Gasteiger charge is -2.11. The maximum atomic E-state index is 10.7. The zero-order chi connectivity index (χ0) is 18.8. The van der Waals surface area contributed by atoms with Crippen LogP contribution >= 0.6 is 0 Å². The standard InChI is InChI=1S/C24H26O2/c1-19(2)11-9-16-22(24(26)21-14-7-4-8-15-21)17-10-18-23(25)20-12-5-3-6-13-20/h3-8,12-16,23-26H,1,9,11,18H2,2H3/b22-16+. The highest BCUT2D eigenvalue weighted by atomic mass is 16.3. The second kappa shape index (κ2) is 10.4. The van der Waals surface area contributed by atoms with Crippen LogP contribution in [0.3, 0.4) is 0 Å². The van der Waals surface area contributed by atoms with Crippen LogP contribution in [0.15, 0.2) is 84.5 Å². The van der Waals surface area contributed by atoms with Crippen LogP contribution in [0, 0.1) is 11.8 Å². The van der Waals surface area contributed by atoms with E-state index in [1.165, 1.54) is 0 Å². The minimum absolute atomic E-state index is 0.323. The van der Waals surface area contributed by atoms with Gasteiger partial charge in [-0.15, -0.1) is 6.58 Å². The molecule has 0 aliphatic carbocycles. The van der Waals surface area contributed by atoms with Crippen LogP contribution in [0.5, 0.6) is 0 Å². The zero-order valence-corrected chi connectivity index (χ0v) is 15.2. The van der Waals surface area contributed by atoms with Crippen molar-refractivity contribution < 1.29 is 10.2 Å². The summed E-state index contributed by atoms with van der Waals surface area (Å²) in [6, 6.07) is 19.0. The van der Waals surface area contributed by atoms with Gasteiger partial charge in [-0.3, -0.25) is 0 Å². The third-order valence-corrected chi connectivity index (χ3v) is 4.06. The molecule has 0 radical (unpaired) electrons. The molecular formula is C24H26O2. The Morgan fingerprint density at radius 2 is 1.58 bits per heavy atom. The summed E-state index contributed by atoms with van der Waals surface area (Å²) < 4.78 is 0. The second-order valence-corrected chi connectivity index (χ2v) is 6.40. The lowest BCUT2D eigenvalue weighted by molar-refractivity contribution is 0.184. The third kappa shape index (κ3) is 6.37. The minimum atomic E-state index is -0.761. The van der Waals surface area contributed by atoms with Gasteiger partial charge in [0.15, 0.2) is 0 Å². The van der Waals surface area contributed by atoms with Crippen LogP contribution in [0.25, 0.3) is 0 Å². The molecule has 0 bridgehead atoms. The smallest absolute Gasteiger partial charge is 0.111 e. The van der Waals surface area contributed by atoms with Crippen molar-refractivity contribution in [2.75, 3.05) is 0 Å². The van der Waals surface area contributed by atoms with E-state index in [0.29, 0.717) is 12.0 Å². The maximum Gasteiger partial charge on any atom is 0.111 e. The molecule has 0 heterocycles. The minimum Gasteiger partial charge on any atom is -0.387 e. The van der Waals surface area contributed by atoms with E-state index in [2.05, 4.69) is 18.4 Å². The van der Waals surface area contributed by atoms with Crippen molar-refractivity contribution in [3.05, 3.63) is 95.6 Å². The average Bonchev–Trinajstić information content (AvgIpc) is 2.67. The first kappa shape index (κ1) is 19.7. The molecule has 2 heteroatoms. The average molecular weight is 346 g/mol. The van der Waals surface area contributed by atoms with Crippen molar-refractivity contribution in [2.24, 2.45) is 0 Å². The second-order valence-electron chi connectivity index (χ2n) is 6.40. The lowest BCUT2D eigenvalue weighted by Crippen LogP contribution is -2.01. The molecule has 0 saturated heterocycles. The Morgan fingerprint density at radius 3 is 2.15 bits per heavy atom. The van der Waals surface area contributed by atoms with Gasteiger partial charge in [-0.05, 0) is 30.9 Å². The molecule has 0 aliphatic rings. The van der Waals surface area contributed by atoms with Gasteiger partial charge < -0.3 is 10.2 Å². The molecule has 0 amide bonds. The number of aliphatic hydroxyl groups is 2. The summed E-state index contributed by atoms with van der Waals surface area (Å²) in [6.45, 7) is 5.90. The Morgan fingerprint density at radius 1 is 1.00 bits per heavy atom. The van der Waals surface area contributed by atoms with Gasteiger partial charge in [0.2, 0.25) is 0 Å². The van der Waals surface area contributed by atoms with Crippen molar-refractivity contribution in [2.45, 2.75) is 38.4 Å². The molecule has 134 valence electrons. The van der Waals surface area contributed by atoms with Crippen LogP contribution in [0.1, 0.15) is 49.5 Å². The lowest BCUT2D eigenvalue weighted by atomic mass is 9.99. The van der Waals surface area contributed by atoms with Crippen LogP contribution in [0.2, 0.25) is 0 Å². The SMILES string of the molecule is C=C(C)CC/C=C(\C#CCC(O)c1ccccc1)C(O)c1ccccc1. The highest BCUT2D eigenvalue weighted by Gasteiger charge is 2.11. The first-order valence-corrected chi connectivity index (χ1v) is 8.87. The fourth-order valence-electron chi connectivity index (χ4n) is 2.56. The van der Waals surface area contributed by atoms with Gasteiger partial charge in [0.1, 0.15) is 6.10 Å². The van der Waals surface area contributed by atoms with Crippen molar-refractivity contribution in [1.82, 2.24) is 0 Å². The van der Waals surface area contributed by atoms with Gasteiger partial charge in [0.25, 0.3) is 0 Å². The van der Waals surface area contributed by atoms with E-state index in [0.717, 1.165) is 29.5 Å². The molecule has 2 nitrogen and oxygen atoms in total. The van der Waals surface area contributed by atoms with E-state index in [9.17, 15) is 10.2 Å². The highest BCUT2D eigenvalue weighted by molar-refractivity contribution is 5.38. The molecular weight excluding hydrogens is 320 g/mol. The highest BCUT2D eigenvalue weighted by Crippen LogP contribution is 2.22. The van der Waals surface area contributed by atoms with E-state index in [1.807, 2.05) is 73.7 Å². The zero-order valence-electron chi connectivity index (χ0n) is 15.2. The number of allylic oxidation sites excluding steroid dienone is 2. The fraction of sp³-hybridized carbons (Fsp3) is 0.250. The van der Waals surface area contributed by atoms with Crippen molar-refractivity contribution >= 4 is 0 Å². The van der Waals surface area contributed by atoms with Crippen molar-refractivity contribution in [3.63, 3.8) is 0 Å². The predicted molar refractivity (Wildman–Crippen MR) is 107 cm³/mol. The van der Waals surface area contributed by atoms with Gasteiger partial charge in [-0.1, -0.05) is 84.2 Å². The van der Waals surface area contributed by atoms with Crippen molar-refractivity contribution in [3.8, 4) is 11.8 Å². The van der Waals surface area contributed by atoms with Gasteiger partial charge in [-0.2, -0.15) is 0 Å². The quantitative estimate of drug-likeness (QED) is 0.539. The number of hydrogen-bond donors (Lipinski definition) is 2. The largest absolute Gasteiger partial charge is 0.387 e. The van der Waals surface area contributed by atoms with Crippen LogP contribution in [-0.4, -0.2) is 10.2 Å². The molecule has 2 unspecified atom stereocenters.